The molecule has 0 spiro atoms. The highest BCUT2D eigenvalue weighted by atomic mass is 16.3. The summed E-state index contributed by atoms with van der Waals surface area (Å²) in [6, 6.07) is 0. The van der Waals surface area contributed by atoms with E-state index in [1.54, 1.807) is 0 Å². The Hall–Kier alpha value is -0.0800. The molecule has 0 aromatic heterocycles. The molecule has 1 fully saturated rings. The topological polar surface area (TPSA) is 32.3 Å². The van der Waals surface area contributed by atoms with Gasteiger partial charge in [0.25, 0.3) is 0 Å². The van der Waals surface area contributed by atoms with Gasteiger partial charge in [0, 0.05) is 6.61 Å². The number of aliphatic hydroxyl groups excluding tert-OH is 1. The van der Waals surface area contributed by atoms with Crippen molar-refractivity contribution in [3.05, 3.63) is 0 Å². The maximum Gasteiger partial charge on any atom is 0.0488 e. The Morgan fingerprint density at radius 3 is 2.12 bits per heavy atom. The fourth-order valence-corrected chi connectivity index (χ4v) is 2.90. The van der Waals surface area contributed by atoms with E-state index in [-0.39, 0.29) is 5.41 Å². The molecule has 0 radical (unpaired) electrons. The molecule has 1 heterocycles. The zero-order valence-corrected chi connectivity index (χ0v) is 11.6. The number of aliphatic hydroxyl groups is 1. The van der Waals surface area contributed by atoms with Crippen LogP contribution in [0.5, 0.6) is 0 Å². The smallest absolute Gasteiger partial charge is 0.0488 e. The van der Waals surface area contributed by atoms with Gasteiger partial charge in [-0.05, 0) is 37.8 Å². The third kappa shape index (κ3) is 5.87. The van der Waals surface area contributed by atoms with Gasteiger partial charge in [-0.15, -0.1) is 0 Å². The highest BCUT2D eigenvalue weighted by Crippen LogP contribution is 2.34. The number of unbranched alkanes of at least 4 members (excludes halogenated alkanes) is 6. The summed E-state index contributed by atoms with van der Waals surface area (Å²) in [6.45, 7) is 4.85. The second kappa shape index (κ2) is 8.93. The van der Waals surface area contributed by atoms with Crippen molar-refractivity contribution in [1.29, 1.82) is 0 Å². The molecule has 1 aliphatic rings. The van der Waals surface area contributed by atoms with Crippen molar-refractivity contribution in [2.75, 3.05) is 19.7 Å². The monoisotopic (exact) mass is 241 g/mol. The van der Waals surface area contributed by atoms with Crippen molar-refractivity contribution in [2.45, 2.75) is 71.1 Å². The number of piperidine rings is 1. The van der Waals surface area contributed by atoms with Crippen LogP contribution >= 0.6 is 0 Å². The number of nitrogens with one attached hydrogen (secondary N) is 1. The summed E-state index contributed by atoms with van der Waals surface area (Å²) in [5.74, 6) is 0. The van der Waals surface area contributed by atoms with Crippen molar-refractivity contribution in [2.24, 2.45) is 5.41 Å². The average molecular weight is 241 g/mol. The molecule has 2 heteroatoms. The van der Waals surface area contributed by atoms with E-state index in [0.29, 0.717) is 6.61 Å². The first-order chi connectivity index (χ1) is 8.33. The lowest BCUT2D eigenvalue weighted by Gasteiger charge is -2.36. The lowest BCUT2D eigenvalue weighted by atomic mass is 9.75. The molecule has 0 aromatic rings. The molecule has 1 rings (SSSR count). The Morgan fingerprint density at radius 1 is 0.941 bits per heavy atom. The van der Waals surface area contributed by atoms with Gasteiger partial charge in [0.15, 0.2) is 0 Å². The van der Waals surface area contributed by atoms with Crippen LogP contribution in [0.25, 0.3) is 0 Å². The molecule has 0 amide bonds. The van der Waals surface area contributed by atoms with Crippen LogP contribution in [0.1, 0.15) is 71.1 Å². The summed E-state index contributed by atoms with van der Waals surface area (Å²) in [4.78, 5) is 0. The Bertz CT molecular complexity index is 176. The SMILES string of the molecule is CCCCCCCCCC1(CO)CCNCC1. The molecule has 0 unspecified atom stereocenters. The average Bonchev–Trinajstić information content (AvgIpc) is 2.39. The van der Waals surface area contributed by atoms with Crippen molar-refractivity contribution in [3.63, 3.8) is 0 Å². The molecule has 0 bridgehead atoms. The zero-order chi connectivity index (χ0) is 12.4. The Labute approximate surface area is 107 Å². The summed E-state index contributed by atoms with van der Waals surface area (Å²) in [7, 11) is 0. The van der Waals surface area contributed by atoms with Gasteiger partial charge in [-0.1, -0.05) is 51.9 Å². The third-order valence-electron chi connectivity index (χ3n) is 4.31. The lowest BCUT2D eigenvalue weighted by molar-refractivity contribution is 0.0774. The van der Waals surface area contributed by atoms with Gasteiger partial charge in [0.05, 0.1) is 0 Å². The third-order valence-corrected chi connectivity index (χ3v) is 4.31. The molecule has 0 aliphatic carbocycles. The second-order valence-corrected chi connectivity index (χ2v) is 5.78. The van der Waals surface area contributed by atoms with Gasteiger partial charge in [-0.3, -0.25) is 0 Å². The van der Waals surface area contributed by atoms with E-state index < -0.39 is 0 Å². The van der Waals surface area contributed by atoms with Crippen LogP contribution in [0.4, 0.5) is 0 Å². The first kappa shape index (κ1) is 15.0. The highest BCUT2D eigenvalue weighted by Gasteiger charge is 2.30. The molecule has 17 heavy (non-hydrogen) atoms. The van der Waals surface area contributed by atoms with Crippen molar-refractivity contribution in [3.8, 4) is 0 Å². The van der Waals surface area contributed by atoms with Crippen LogP contribution in [-0.2, 0) is 0 Å². The van der Waals surface area contributed by atoms with E-state index in [1.165, 1.54) is 64.2 Å². The van der Waals surface area contributed by atoms with Crippen molar-refractivity contribution < 1.29 is 5.11 Å². The summed E-state index contributed by atoms with van der Waals surface area (Å²) < 4.78 is 0. The standard InChI is InChI=1S/C15H31NO/c1-2-3-4-5-6-7-8-9-15(14-17)10-12-16-13-11-15/h16-17H,2-14H2,1H3. The number of hydrogen-bond donors (Lipinski definition) is 2. The van der Waals surface area contributed by atoms with Gasteiger partial charge in [-0.25, -0.2) is 0 Å². The summed E-state index contributed by atoms with van der Waals surface area (Å²) in [5, 5.41) is 13.0. The molecular formula is C15H31NO. The van der Waals surface area contributed by atoms with Crippen molar-refractivity contribution in [1.82, 2.24) is 5.32 Å². The van der Waals surface area contributed by atoms with Crippen LogP contribution < -0.4 is 5.32 Å². The fourth-order valence-electron chi connectivity index (χ4n) is 2.90. The van der Waals surface area contributed by atoms with Crippen LogP contribution in [0, 0.1) is 5.41 Å². The second-order valence-electron chi connectivity index (χ2n) is 5.78. The molecule has 102 valence electrons. The van der Waals surface area contributed by atoms with Crippen LogP contribution in [0.15, 0.2) is 0 Å². The highest BCUT2D eigenvalue weighted by molar-refractivity contribution is 4.83. The molecule has 2 N–H and O–H groups in total. The Morgan fingerprint density at radius 2 is 1.53 bits per heavy atom. The minimum atomic E-state index is 0.259. The first-order valence-electron chi connectivity index (χ1n) is 7.64. The summed E-state index contributed by atoms with van der Waals surface area (Å²) >= 11 is 0. The summed E-state index contributed by atoms with van der Waals surface area (Å²) in [5.41, 5.74) is 0.259. The van der Waals surface area contributed by atoms with Gasteiger partial charge >= 0.3 is 0 Å². The molecule has 1 saturated heterocycles. The van der Waals surface area contributed by atoms with Gasteiger partial charge in [0.1, 0.15) is 0 Å². The molecule has 1 aliphatic heterocycles. The van der Waals surface area contributed by atoms with Crippen molar-refractivity contribution >= 4 is 0 Å². The number of hydrogen-bond acceptors (Lipinski definition) is 2. The minimum Gasteiger partial charge on any atom is -0.396 e. The minimum absolute atomic E-state index is 0.259. The largest absolute Gasteiger partial charge is 0.396 e. The van der Waals surface area contributed by atoms with Crippen LogP contribution in [0.2, 0.25) is 0 Å². The van der Waals surface area contributed by atoms with E-state index in [1.807, 2.05) is 0 Å². The predicted molar refractivity (Wildman–Crippen MR) is 74.2 cm³/mol. The normalized spacial score (nSPS) is 19.4. The van der Waals surface area contributed by atoms with E-state index in [9.17, 15) is 5.11 Å². The van der Waals surface area contributed by atoms with Crippen LogP contribution in [0.3, 0.4) is 0 Å². The van der Waals surface area contributed by atoms with Crippen LogP contribution in [-0.4, -0.2) is 24.8 Å². The Balaban J connectivity index is 2.03. The zero-order valence-electron chi connectivity index (χ0n) is 11.6. The maximum atomic E-state index is 9.59. The molecule has 0 aromatic carbocycles. The van der Waals surface area contributed by atoms with Gasteiger partial charge in [0.2, 0.25) is 0 Å². The molecule has 0 atom stereocenters. The van der Waals surface area contributed by atoms with E-state index in [2.05, 4.69) is 12.2 Å². The van der Waals surface area contributed by atoms with Gasteiger partial charge in [-0.2, -0.15) is 0 Å². The van der Waals surface area contributed by atoms with E-state index in [4.69, 9.17) is 0 Å². The molecule has 0 saturated carbocycles. The first-order valence-corrected chi connectivity index (χ1v) is 7.64. The quantitative estimate of drug-likeness (QED) is 0.606. The fraction of sp³-hybridized carbons (Fsp3) is 1.00. The lowest BCUT2D eigenvalue weighted by Crippen LogP contribution is -2.39. The molecule has 2 nitrogen and oxygen atoms in total. The van der Waals surface area contributed by atoms with Gasteiger partial charge < -0.3 is 10.4 Å². The van der Waals surface area contributed by atoms with E-state index >= 15 is 0 Å². The summed E-state index contributed by atoms with van der Waals surface area (Å²) in [6.07, 6.45) is 13.2. The Kier molecular flexibility index (Phi) is 7.87. The predicted octanol–water partition coefficient (Wildman–Crippen LogP) is 3.49. The maximum absolute atomic E-state index is 9.59. The molecular weight excluding hydrogens is 210 g/mol. The van der Waals surface area contributed by atoms with E-state index in [0.717, 1.165) is 13.1 Å². The number of rotatable bonds is 9.